The molecule has 0 aromatic heterocycles. The molecule has 6 nitrogen and oxygen atoms in total. The van der Waals surface area contributed by atoms with Crippen molar-refractivity contribution < 1.29 is 17.9 Å². The Morgan fingerprint density at radius 2 is 1.70 bits per heavy atom. The number of rotatable bonds is 4. The van der Waals surface area contributed by atoms with E-state index in [2.05, 4.69) is 5.32 Å². The van der Waals surface area contributed by atoms with E-state index in [1.54, 1.807) is 0 Å². The lowest BCUT2D eigenvalue weighted by molar-refractivity contribution is 0.0730. The minimum absolute atomic E-state index is 0.0528. The summed E-state index contributed by atoms with van der Waals surface area (Å²) < 4.78 is 32.5. The van der Waals surface area contributed by atoms with Crippen LogP contribution in [0.4, 0.5) is 0 Å². The summed E-state index contributed by atoms with van der Waals surface area (Å²) >= 11 is 12.3. The van der Waals surface area contributed by atoms with Crippen molar-refractivity contribution in [3.8, 4) is 0 Å². The van der Waals surface area contributed by atoms with Gasteiger partial charge in [0, 0.05) is 24.7 Å². The average molecular weight is 435 g/mol. The fraction of sp³-hybridized carbons (Fsp3) is 0.611. The molecular formula is C18H24Cl2N2O4S. The van der Waals surface area contributed by atoms with Gasteiger partial charge in [-0.25, -0.2) is 8.42 Å². The summed E-state index contributed by atoms with van der Waals surface area (Å²) in [6.45, 7) is 1.14. The summed E-state index contributed by atoms with van der Waals surface area (Å²) in [5.41, 5.74) is 0.209. The van der Waals surface area contributed by atoms with Gasteiger partial charge in [-0.3, -0.25) is 4.79 Å². The monoisotopic (exact) mass is 434 g/mol. The lowest BCUT2D eigenvalue weighted by Crippen LogP contribution is -2.41. The predicted molar refractivity (Wildman–Crippen MR) is 105 cm³/mol. The van der Waals surface area contributed by atoms with Crippen LogP contribution in [-0.2, 0) is 14.8 Å². The predicted octanol–water partition coefficient (Wildman–Crippen LogP) is 3.47. The molecule has 9 heteroatoms. The molecule has 3 rings (SSSR count). The number of carbonyl (C=O) groups is 1. The van der Waals surface area contributed by atoms with Crippen LogP contribution in [0.1, 0.15) is 48.9 Å². The number of amides is 1. The smallest absolute Gasteiger partial charge is 0.251 e. The molecule has 1 aromatic rings. The van der Waals surface area contributed by atoms with Gasteiger partial charge in [-0.05, 0) is 25.0 Å². The lowest BCUT2D eigenvalue weighted by Gasteiger charge is -2.26. The largest absolute Gasteiger partial charge is 0.379 e. The maximum Gasteiger partial charge on any atom is 0.251 e. The first kappa shape index (κ1) is 20.9. The van der Waals surface area contributed by atoms with Crippen LogP contribution in [0, 0.1) is 0 Å². The Balaban J connectivity index is 1.85. The molecule has 1 aliphatic heterocycles. The number of nitrogens with zero attached hydrogens (tertiary/aromatic N) is 1. The number of sulfonamides is 1. The summed E-state index contributed by atoms with van der Waals surface area (Å²) in [5, 5.41) is 3.00. The normalized spacial score (nSPS) is 20.2. The zero-order valence-electron chi connectivity index (χ0n) is 15.0. The fourth-order valence-electron chi connectivity index (χ4n) is 3.50. The summed E-state index contributed by atoms with van der Waals surface area (Å²) in [7, 11) is -3.85. The van der Waals surface area contributed by atoms with Crippen LogP contribution in [0.5, 0.6) is 0 Å². The highest BCUT2D eigenvalue weighted by atomic mass is 35.5. The third-order valence-corrected chi connectivity index (χ3v) is 7.87. The summed E-state index contributed by atoms with van der Waals surface area (Å²) in [4.78, 5) is 12.6. The van der Waals surface area contributed by atoms with Gasteiger partial charge in [-0.15, -0.1) is 0 Å². The molecule has 1 aromatic carbocycles. The first-order valence-corrected chi connectivity index (χ1v) is 11.5. The Hall–Kier alpha value is -0.860. The van der Waals surface area contributed by atoms with Crippen molar-refractivity contribution in [1.29, 1.82) is 0 Å². The van der Waals surface area contributed by atoms with Crippen molar-refractivity contribution in [2.45, 2.75) is 49.5 Å². The maximum atomic E-state index is 13.0. The molecule has 1 saturated heterocycles. The average Bonchev–Trinajstić information content (AvgIpc) is 2.93. The van der Waals surface area contributed by atoms with Gasteiger partial charge in [0.05, 0.1) is 23.3 Å². The van der Waals surface area contributed by atoms with Gasteiger partial charge in [0.15, 0.2) is 0 Å². The van der Waals surface area contributed by atoms with Gasteiger partial charge in [-0.1, -0.05) is 48.9 Å². The molecular weight excluding hydrogens is 411 g/mol. The van der Waals surface area contributed by atoms with Crippen LogP contribution in [-0.4, -0.2) is 51.0 Å². The third kappa shape index (κ3) is 4.95. The Bertz CT molecular complexity index is 787. The quantitative estimate of drug-likeness (QED) is 0.735. The van der Waals surface area contributed by atoms with Crippen molar-refractivity contribution in [2.75, 3.05) is 26.3 Å². The van der Waals surface area contributed by atoms with E-state index in [-0.39, 0.29) is 45.5 Å². The van der Waals surface area contributed by atoms with Gasteiger partial charge in [-0.2, -0.15) is 4.31 Å². The molecule has 1 N–H and O–H groups in total. The van der Waals surface area contributed by atoms with E-state index < -0.39 is 10.0 Å². The van der Waals surface area contributed by atoms with E-state index in [1.807, 2.05) is 0 Å². The summed E-state index contributed by atoms with van der Waals surface area (Å²) in [5.74, 6) is -0.320. The zero-order valence-corrected chi connectivity index (χ0v) is 17.4. The highest BCUT2D eigenvalue weighted by Crippen LogP contribution is 2.33. The first-order valence-electron chi connectivity index (χ1n) is 9.27. The standard InChI is InChI=1S/C18H24Cl2N2O4S/c19-15-11-13(18(23)21-14-5-3-1-2-4-6-14)12-16(17(15)20)27(24,25)22-7-9-26-10-8-22/h11-12,14H,1-10H2,(H,21,23). The Morgan fingerprint density at radius 1 is 1.07 bits per heavy atom. The van der Waals surface area contributed by atoms with Crippen LogP contribution in [0.3, 0.4) is 0 Å². The number of morpholine rings is 1. The number of hydrogen-bond acceptors (Lipinski definition) is 4. The van der Waals surface area contributed by atoms with Crippen molar-refractivity contribution in [1.82, 2.24) is 9.62 Å². The number of ether oxygens (including phenoxy) is 1. The van der Waals surface area contributed by atoms with E-state index in [1.165, 1.54) is 29.3 Å². The number of hydrogen-bond donors (Lipinski definition) is 1. The molecule has 0 bridgehead atoms. The van der Waals surface area contributed by atoms with Crippen molar-refractivity contribution in [3.63, 3.8) is 0 Å². The van der Waals surface area contributed by atoms with Crippen molar-refractivity contribution >= 4 is 39.1 Å². The first-order chi connectivity index (χ1) is 12.9. The third-order valence-electron chi connectivity index (χ3n) is 5.04. The molecule has 27 heavy (non-hydrogen) atoms. The molecule has 1 saturated carbocycles. The minimum Gasteiger partial charge on any atom is -0.379 e. The van der Waals surface area contributed by atoms with Crippen LogP contribution in [0.2, 0.25) is 10.0 Å². The molecule has 1 amide bonds. The summed E-state index contributed by atoms with van der Waals surface area (Å²) in [6, 6.07) is 2.85. The van der Waals surface area contributed by atoms with Gasteiger partial charge in [0.1, 0.15) is 4.90 Å². The van der Waals surface area contributed by atoms with Gasteiger partial charge >= 0.3 is 0 Å². The zero-order chi connectivity index (χ0) is 19.4. The fourth-order valence-corrected chi connectivity index (χ4v) is 5.70. The minimum atomic E-state index is -3.85. The number of nitrogens with one attached hydrogen (secondary N) is 1. The SMILES string of the molecule is O=C(NC1CCCCCC1)c1cc(Cl)c(Cl)c(S(=O)(=O)N2CCOCC2)c1. The van der Waals surface area contributed by atoms with E-state index >= 15 is 0 Å². The molecule has 2 aliphatic rings. The Labute approximate surface area is 170 Å². The Morgan fingerprint density at radius 3 is 2.33 bits per heavy atom. The second-order valence-corrected chi connectivity index (χ2v) is 9.64. The molecule has 0 atom stereocenters. The molecule has 0 radical (unpaired) electrons. The van der Waals surface area contributed by atoms with E-state index in [9.17, 15) is 13.2 Å². The molecule has 150 valence electrons. The lowest BCUT2D eigenvalue weighted by atomic mass is 10.1. The highest BCUT2D eigenvalue weighted by molar-refractivity contribution is 7.89. The Kier molecular flexibility index (Phi) is 7.03. The number of halogens is 2. The van der Waals surface area contributed by atoms with E-state index in [0.29, 0.717) is 13.2 Å². The maximum absolute atomic E-state index is 13.0. The van der Waals surface area contributed by atoms with E-state index in [4.69, 9.17) is 27.9 Å². The van der Waals surface area contributed by atoms with Crippen LogP contribution in [0.25, 0.3) is 0 Å². The second kappa shape index (κ2) is 9.09. The molecule has 1 aliphatic carbocycles. The van der Waals surface area contributed by atoms with Gasteiger partial charge < -0.3 is 10.1 Å². The molecule has 0 unspecified atom stereocenters. The van der Waals surface area contributed by atoms with Crippen LogP contribution < -0.4 is 5.32 Å². The highest BCUT2D eigenvalue weighted by Gasteiger charge is 2.30. The number of carbonyl (C=O) groups excluding carboxylic acids is 1. The van der Waals surface area contributed by atoms with Crippen LogP contribution in [0.15, 0.2) is 17.0 Å². The van der Waals surface area contributed by atoms with Gasteiger partial charge in [0.2, 0.25) is 10.0 Å². The molecule has 0 spiro atoms. The topological polar surface area (TPSA) is 75.7 Å². The van der Waals surface area contributed by atoms with E-state index in [0.717, 1.165) is 25.7 Å². The second-order valence-electron chi connectivity index (χ2n) is 6.95. The van der Waals surface area contributed by atoms with Crippen molar-refractivity contribution in [2.24, 2.45) is 0 Å². The molecule has 1 heterocycles. The molecule has 2 fully saturated rings. The van der Waals surface area contributed by atoms with Crippen LogP contribution >= 0.6 is 23.2 Å². The summed E-state index contributed by atoms with van der Waals surface area (Å²) in [6.07, 6.45) is 6.41. The van der Waals surface area contributed by atoms with Gasteiger partial charge in [0.25, 0.3) is 5.91 Å². The number of benzene rings is 1. The van der Waals surface area contributed by atoms with Crippen molar-refractivity contribution in [3.05, 3.63) is 27.7 Å².